The Morgan fingerprint density at radius 1 is 0.806 bits per heavy atom. The topological polar surface area (TPSA) is 80.7 Å². The van der Waals surface area contributed by atoms with E-state index < -0.39 is 21.3 Å². The van der Waals surface area contributed by atoms with E-state index in [2.05, 4.69) is 6.92 Å². The van der Waals surface area contributed by atoms with Crippen molar-refractivity contribution in [3.63, 3.8) is 0 Å². The summed E-state index contributed by atoms with van der Waals surface area (Å²) in [6.07, 6.45) is 16.9. The van der Waals surface area contributed by atoms with Gasteiger partial charge in [-0.25, -0.2) is 0 Å². The van der Waals surface area contributed by atoms with Crippen LogP contribution in [0.1, 0.15) is 109 Å². The maximum absolute atomic E-state index is 12.2. The van der Waals surface area contributed by atoms with Crippen LogP contribution < -0.4 is 0 Å². The molecule has 1 atom stereocenters. The zero-order chi connectivity index (χ0) is 22.8. The summed E-state index contributed by atoms with van der Waals surface area (Å²) >= 11 is 0. The van der Waals surface area contributed by atoms with Crippen molar-refractivity contribution in [1.29, 1.82) is 0 Å². The van der Waals surface area contributed by atoms with Gasteiger partial charge in [-0.3, -0.25) is 9.35 Å². The molecule has 0 spiro atoms. The van der Waals surface area contributed by atoms with Crippen LogP contribution in [0.25, 0.3) is 0 Å². The zero-order valence-electron chi connectivity index (χ0n) is 19.3. The molecule has 0 amide bonds. The molecule has 31 heavy (non-hydrogen) atoms. The molecule has 0 aliphatic heterocycles. The Morgan fingerprint density at radius 2 is 1.26 bits per heavy atom. The molecular formula is C25H42O5S. The van der Waals surface area contributed by atoms with Crippen LogP contribution in [0, 0.1) is 0 Å². The molecular weight excluding hydrogens is 412 g/mol. The first-order chi connectivity index (χ1) is 14.9. The van der Waals surface area contributed by atoms with Crippen molar-refractivity contribution in [1.82, 2.24) is 0 Å². The normalized spacial score (nSPS) is 12.6. The van der Waals surface area contributed by atoms with Crippen LogP contribution in [0.15, 0.2) is 30.3 Å². The number of rotatable bonds is 19. The van der Waals surface area contributed by atoms with E-state index in [4.69, 9.17) is 4.74 Å². The number of carbonyl (C=O) groups is 1. The molecule has 5 nitrogen and oxygen atoms in total. The SMILES string of the molecule is CCCCCCCCCCCCCCCCC(C(=O)OCc1ccccc1)S(=O)(=O)O. The maximum Gasteiger partial charge on any atom is 0.327 e. The van der Waals surface area contributed by atoms with Crippen LogP contribution in [0.2, 0.25) is 0 Å². The Hall–Kier alpha value is -1.40. The van der Waals surface area contributed by atoms with E-state index >= 15 is 0 Å². The number of hydrogen-bond acceptors (Lipinski definition) is 4. The molecule has 0 bridgehead atoms. The van der Waals surface area contributed by atoms with Gasteiger partial charge in [-0.2, -0.15) is 8.42 Å². The fourth-order valence-electron chi connectivity index (χ4n) is 3.73. The predicted molar refractivity (Wildman–Crippen MR) is 127 cm³/mol. The molecule has 1 unspecified atom stereocenters. The first kappa shape index (κ1) is 27.6. The van der Waals surface area contributed by atoms with Gasteiger partial charge in [0.1, 0.15) is 6.61 Å². The Bertz CT molecular complexity index is 672. The maximum atomic E-state index is 12.2. The average Bonchev–Trinajstić information content (AvgIpc) is 2.74. The van der Waals surface area contributed by atoms with Crippen LogP contribution in [-0.2, 0) is 26.3 Å². The Balaban J connectivity index is 2.09. The molecule has 1 rings (SSSR count). The number of carbonyl (C=O) groups excluding carboxylic acids is 1. The quantitative estimate of drug-likeness (QED) is 0.140. The van der Waals surface area contributed by atoms with E-state index in [0.717, 1.165) is 24.8 Å². The van der Waals surface area contributed by atoms with Crippen molar-refractivity contribution in [3.8, 4) is 0 Å². The molecule has 6 heteroatoms. The summed E-state index contributed by atoms with van der Waals surface area (Å²) in [4.78, 5) is 12.2. The molecule has 0 radical (unpaired) electrons. The molecule has 0 saturated heterocycles. The van der Waals surface area contributed by atoms with Gasteiger partial charge in [0.15, 0.2) is 5.25 Å². The molecule has 0 aliphatic carbocycles. The second-order valence-electron chi connectivity index (χ2n) is 8.48. The average molecular weight is 455 g/mol. The van der Waals surface area contributed by atoms with E-state index in [9.17, 15) is 17.8 Å². The van der Waals surface area contributed by atoms with E-state index in [1.807, 2.05) is 18.2 Å². The lowest BCUT2D eigenvalue weighted by atomic mass is 10.0. The first-order valence-electron chi connectivity index (χ1n) is 12.1. The van der Waals surface area contributed by atoms with Gasteiger partial charge in [-0.1, -0.05) is 127 Å². The van der Waals surface area contributed by atoms with Crippen LogP contribution in [0.5, 0.6) is 0 Å². The van der Waals surface area contributed by atoms with Crippen molar-refractivity contribution >= 4 is 16.1 Å². The number of ether oxygens (including phenoxy) is 1. The lowest BCUT2D eigenvalue weighted by molar-refractivity contribution is -0.144. The summed E-state index contributed by atoms with van der Waals surface area (Å²) in [6.45, 7) is 2.25. The van der Waals surface area contributed by atoms with Crippen molar-refractivity contribution in [2.75, 3.05) is 0 Å². The summed E-state index contributed by atoms with van der Waals surface area (Å²) in [5.41, 5.74) is 0.779. The van der Waals surface area contributed by atoms with Gasteiger partial charge in [0.25, 0.3) is 10.1 Å². The minimum absolute atomic E-state index is 0.00440. The first-order valence-corrected chi connectivity index (χ1v) is 13.6. The van der Waals surface area contributed by atoms with Gasteiger partial charge in [-0.15, -0.1) is 0 Å². The second kappa shape index (κ2) is 17.2. The Kier molecular flexibility index (Phi) is 15.3. The molecule has 0 saturated carbocycles. The monoisotopic (exact) mass is 454 g/mol. The third kappa shape index (κ3) is 14.3. The van der Waals surface area contributed by atoms with E-state index in [1.165, 1.54) is 64.2 Å². The van der Waals surface area contributed by atoms with E-state index in [0.29, 0.717) is 6.42 Å². The van der Waals surface area contributed by atoms with Gasteiger partial charge < -0.3 is 4.74 Å². The standard InChI is InChI=1S/C25H42O5S/c1-2-3-4-5-6-7-8-9-10-11-12-13-14-18-21-24(31(27,28)29)25(26)30-22-23-19-16-15-17-20-23/h15-17,19-20,24H,2-14,18,21-22H2,1H3,(H,27,28,29). The number of benzene rings is 1. The third-order valence-corrected chi connectivity index (χ3v) is 6.81. The highest BCUT2D eigenvalue weighted by atomic mass is 32.2. The molecule has 0 aliphatic rings. The second-order valence-corrected chi connectivity index (χ2v) is 10.1. The molecule has 0 heterocycles. The summed E-state index contributed by atoms with van der Waals surface area (Å²) in [7, 11) is -4.46. The fourth-order valence-corrected chi connectivity index (χ4v) is 4.51. The largest absolute Gasteiger partial charge is 0.460 e. The minimum atomic E-state index is -4.46. The number of esters is 1. The molecule has 1 N–H and O–H groups in total. The summed E-state index contributed by atoms with van der Waals surface area (Å²) in [5, 5.41) is -1.49. The third-order valence-electron chi connectivity index (χ3n) is 5.67. The smallest absolute Gasteiger partial charge is 0.327 e. The van der Waals surface area contributed by atoms with Crippen molar-refractivity contribution in [2.45, 2.75) is 115 Å². The zero-order valence-corrected chi connectivity index (χ0v) is 20.1. The highest BCUT2D eigenvalue weighted by Gasteiger charge is 2.32. The van der Waals surface area contributed by atoms with Crippen LogP contribution >= 0.6 is 0 Å². The Morgan fingerprint density at radius 3 is 1.71 bits per heavy atom. The predicted octanol–water partition coefficient (Wildman–Crippen LogP) is 6.86. The van der Waals surface area contributed by atoms with Crippen LogP contribution in [0.4, 0.5) is 0 Å². The van der Waals surface area contributed by atoms with E-state index in [1.54, 1.807) is 12.1 Å². The van der Waals surface area contributed by atoms with Gasteiger partial charge in [0.2, 0.25) is 0 Å². The molecule has 1 aromatic rings. The van der Waals surface area contributed by atoms with Crippen LogP contribution in [-0.4, -0.2) is 24.2 Å². The summed E-state index contributed by atoms with van der Waals surface area (Å²) < 4.78 is 37.7. The fraction of sp³-hybridized carbons (Fsp3) is 0.720. The molecule has 178 valence electrons. The minimum Gasteiger partial charge on any atom is -0.460 e. The van der Waals surface area contributed by atoms with Crippen molar-refractivity contribution in [2.24, 2.45) is 0 Å². The number of hydrogen-bond donors (Lipinski definition) is 1. The summed E-state index contributed by atoms with van der Waals surface area (Å²) in [6, 6.07) is 9.07. The van der Waals surface area contributed by atoms with Crippen LogP contribution in [0.3, 0.4) is 0 Å². The lowest BCUT2D eigenvalue weighted by Crippen LogP contribution is -2.31. The number of unbranched alkanes of at least 4 members (excludes halogenated alkanes) is 13. The Labute approximate surface area is 189 Å². The molecule has 0 fully saturated rings. The molecule has 0 aromatic heterocycles. The highest BCUT2D eigenvalue weighted by Crippen LogP contribution is 2.16. The van der Waals surface area contributed by atoms with E-state index in [-0.39, 0.29) is 13.0 Å². The summed E-state index contributed by atoms with van der Waals surface area (Å²) in [5.74, 6) is -0.874. The van der Waals surface area contributed by atoms with Crippen molar-refractivity contribution < 1.29 is 22.5 Å². The highest BCUT2D eigenvalue weighted by molar-refractivity contribution is 7.87. The van der Waals surface area contributed by atoms with Gasteiger partial charge >= 0.3 is 5.97 Å². The molecule has 1 aromatic carbocycles. The van der Waals surface area contributed by atoms with Gasteiger partial charge in [-0.05, 0) is 12.0 Å². The lowest BCUT2D eigenvalue weighted by Gasteiger charge is -2.13. The van der Waals surface area contributed by atoms with Gasteiger partial charge in [0.05, 0.1) is 0 Å². The van der Waals surface area contributed by atoms with Gasteiger partial charge in [0, 0.05) is 0 Å². The van der Waals surface area contributed by atoms with Crippen molar-refractivity contribution in [3.05, 3.63) is 35.9 Å².